The molecular weight excluding hydrogens is 332 g/mol. The van der Waals surface area contributed by atoms with Gasteiger partial charge in [-0.15, -0.1) is 0 Å². The number of ether oxygens (including phenoxy) is 2. The maximum absolute atomic E-state index is 12.9. The predicted molar refractivity (Wildman–Crippen MR) is 87.3 cm³/mol. The van der Waals surface area contributed by atoms with E-state index in [4.69, 9.17) is 9.47 Å². The van der Waals surface area contributed by atoms with Crippen LogP contribution >= 0.6 is 0 Å². The fraction of sp³-hybridized carbons (Fsp3) is 0.562. The van der Waals surface area contributed by atoms with Crippen LogP contribution in [0.15, 0.2) is 29.2 Å². The summed E-state index contributed by atoms with van der Waals surface area (Å²) in [6.07, 6.45) is 1.25. The molecule has 132 valence electrons. The Morgan fingerprint density at radius 2 is 1.83 bits per heavy atom. The molecule has 0 aromatic heterocycles. The fourth-order valence-electron chi connectivity index (χ4n) is 3.15. The van der Waals surface area contributed by atoms with E-state index in [9.17, 15) is 13.2 Å². The third-order valence-electron chi connectivity index (χ3n) is 4.48. The molecule has 1 amide bonds. The highest BCUT2D eigenvalue weighted by Crippen LogP contribution is 2.28. The number of hydrogen-bond acceptors (Lipinski definition) is 5. The van der Waals surface area contributed by atoms with Crippen molar-refractivity contribution < 1.29 is 22.7 Å². The molecule has 0 saturated carbocycles. The molecule has 2 aliphatic rings. The van der Waals surface area contributed by atoms with Crippen molar-refractivity contribution in [1.29, 1.82) is 0 Å². The summed E-state index contributed by atoms with van der Waals surface area (Å²) in [7, 11) is -2.17. The van der Waals surface area contributed by atoms with Crippen LogP contribution in [0.25, 0.3) is 0 Å². The summed E-state index contributed by atoms with van der Waals surface area (Å²) in [5.74, 6) is 0.476. The summed E-state index contributed by atoms with van der Waals surface area (Å²) in [5.41, 5.74) is 0. The van der Waals surface area contributed by atoms with E-state index < -0.39 is 16.1 Å². The van der Waals surface area contributed by atoms with Crippen LogP contribution < -0.4 is 4.74 Å². The van der Waals surface area contributed by atoms with Crippen LogP contribution in [0.1, 0.15) is 12.8 Å². The average Bonchev–Trinajstić information content (AvgIpc) is 3.12. The van der Waals surface area contributed by atoms with Crippen molar-refractivity contribution in [3.05, 3.63) is 24.3 Å². The van der Waals surface area contributed by atoms with Crippen LogP contribution in [0.4, 0.5) is 0 Å². The van der Waals surface area contributed by atoms with Gasteiger partial charge >= 0.3 is 0 Å². The Morgan fingerprint density at radius 3 is 2.46 bits per heavy atom. The second kappa shape index (κ2) is 7.08. The van der Waals surface area contributed by atoms with E-state index >= 15 is 0 Å². The molecule has 2 fully saturated rings. The van der Waals surface area contributed by atoms with E-state index in [1.54, 1.807) is 17.0 Å². The van der Waals surface area contributed by atoms with Gasteiger partial charge in [0, 0.05) is 19.6 Å². The molecule has 0 N–H and O–H groups in total. The minimum atomic E-state index is -3.70. The van der Waals surface area contributed by atoms with Crippen molar-refractivity contribution in [2.45, 2.75) is 23.8 Å². The lowest BCUT2D eigenvalue weighted by molar-refractivity contribution is -0.138. The van der Waals surface area contributed by atoms with Crippen molar-refractivity contribution in [2.75, 3.05) is 40.0 Å². The number of carbonyl (C=O) groups excluding carboxylic acids is 1. The topological polar surface area (TPSA) is 76.2 Å². The first kappa shape index (κ1) is 17.2. The molecule has 2 heterocycles. The van der Waals surface area contributed by atoms with Crippen molar-refractivity contribution in [2.24, 2.45) is 0 Å². The second-order valence-corrected chi connectivity index (χ2v) is 7.78. The molecule has 0 aliphatic carbocycles. The standard InChI is InChI=1S/C16H22N2O5S/c1-22-13-4-6-14(7-5-13)24(20,21)18-8-2-3-15(18)16(19)17-9-11-23-12-10-17/h4-7,15H,2-3,8-12H2,1H3. The van der Waals surface area contributed by atoms with Gasteiger partial charge < -0.3 is 14.4 Å². The van der Waals surface area contributed by atoms with Crippen molar-refractivity contribution in [3.8, 4) is 5.75 Å². The molecule has 1 atom stereocenters. The van der Waals surface area contributed by atoms with Gasteiger partial charge in [-0.25, -0.2) is 8.42 Å². The lowest BCUT2D eigenvalue weighted by Gasteiger charge is -2.32. The Hall–Kier alpha value is -1.64. The van der Waals surface area contributed by atoms with Crippen LogP contribution in [0, 0.1) is 0 Å². The zero-order valence-electron chi connectivity index (χ0n) is 13.7. The molecule has 0 bridgehead atoms. The van der Waals surface area contributed by atoms with E-state index in [-0.39, 0.29) is 10.8 Å². The number of carbonyl (C=O) groups is 1. The third kappa shape index (κ3) is 3.26. The number of sulfonamides is 1. The quantitative estimate of drug-likeness (QED) is 0.796. The molecule has 3 rings (SSSR count). The van der Waals surface area contributed by atoms with Crippen LogP contribution in [-0.4, -0.2) is 69.5 Å². The lowest BCUT2D eigenvalue weighted by atomic mass is 10.2. The highest BCUT2D eigenvalue weighted by Gasteiger charge is 2.41. The summed E-state index contributed by atoms with van der Waals surface area (Å²) >= 11 is 0. The molecule has 24 heavy (non-hydrogen) atoms. The molecule has 1 aromatic carbocycles. The van der Waals surface area contributed by atoms with Gasteiger partial charge in [0.05, 0.1) is 25.2 Å². The van der Waals surface area contributed by atoms with Gasteiger partial charge in [-0.05, 0) is 37.1 Å². The first-order chi connectivity index (χ1) is 11.5. The van der Waals surface area contributed by atoms with Gasteiger partial charge in [-0.3, -0.25) is 4.79 Å². The van der Waals surface area contributed by atoms with Gasteiger partial charge in [0.25, 0.3) is 0 Å². The number of morpholine rings is 1. The Labute approximate surface area is 142 Å². The Bertz CT molecular complexity index is 683. The third-order valence-corrected chi connectivity index (χ3v) is 6.40. The summed E-state index contributed by atoms with van der Waals surface area (Å²) in [6.45, 7) is 2.42. The van der Waals surface area contributed by atoms with Gasteiger partial charge in [-0.1, -0.05) is 0 Å². The summed E-state index contributed by atoms with van der Waals surface area (Å²) < 4.78 is 37.5. The highest BCUT2D eigenvalue weighted by molar-refractivity contribution is 7.89. The number of hydrogen-bond donors (Lipinski definition) is 0. The van der Waals surface area contributed by atoms with Gasteiger partial charge in [0.1, 0.15) is 11.8 Å². The number of amides is 1. The zero-order valence-corrected chi connectivity index (χ0v) is 14.5. The molecule has 2 saturated heterocycles. The number of benzene rings is 1. The molecule has 1 unspecified atom stereocenters. The van der Waals surface area contributed by atoms with Gasteiger partial charge in [-0.2, -0.15) is 4.31 Å². The normalized spacial score (nSPS) is 22.5. The molecular formula is C16H22N2O5S. The minimum Gasteiger partial charge on any atom is -0.497 e. The molecule has 1 aromatic rings. The SMILES string of the molecule is COc1ccc(S(=O)(=O)N2CCCC2C(=O)N2CCOCC2)cc1. The summed E-state index contributed by atoms with van der Waals surface area (Å²) in [4.78, 5) is 14.6. The van der Waals surface area contributed by atoms with Crippen molar-refractivity contribution in [3.63, 3.8) is 0 Å². The highest BCUT2D eigenvalue weighted by atomic mass is 32.2. The Morgan fingerprint density at radius 1 is 1.17 bits per heavy atom. The van der Waals surface area contributed by atoms with Crippen LogP contribution in [0.3, 0.4) is 0 Å². The minimum absolute atomic E-state index is 0.118. The van der Waals surface area contributed by atoms with Crippen LogP contribution in [0.5, 0.6) is 5.75 Å². The summed E-state index contributed by atoms with van der Waals surface area (Å²) in [5, 5.41) is 0. The van der Waals surface area contributed by atoms with Gasteiger partial charge in [0.2, 0.25) is 15.9 Å². The van der Waals surface area contributed by atoms with E-state index in [1.165, 1.54) is 23.5 Å². The maximum Gasteiger partial charge on any atom is 0.243 e. The number of methoxy groups -OCH3 is 1. The van der Waals surface area contributed by atoms with E-state index in [2.05, 4.69) is 0 Å². The molecule has 0 spiro atoms. The Balaban J connectivity index is 1.81. The fourth-order valence-corrected chi connectivity index (χ4v) is 4.80. The molecule has 7 nitrogen and oxygen atoms in total. The first-order valence-electron chi connectivity index (χ1n) is 8.06. The first-order valence-corrected chi connectivity index (χ1v) is 9.50. The van der Waals surface area contributed by atoms with Crippen LogP contribution in [-0.2, 0) is 19.6 Å². The zero-order chi connectivity index (χ0) is 17.2. The van der Waals surface area contributed by atoms with Crippen molar-refractivity contribution in [1.82, 2.24) is 9.21 Å². The molecule has 2 aliphatic heterocycles. The molecule has 0 radical (unpaired) electrons. The van der Waals surface area contributed by atoms with E-state index in [0.29, 0.717) is 51.4 Å². The lowest BCUT2D eigenvalue weighted by Crippen LogP contribution is -2.50. The maximum atomic E-state index is 12.9. The predicted octanol–water partition coefficient (Wildman–Crippen LogP) is 0.707. The monoisotopic (exact) mass is 354 g/mol. The van der Waals surface area contributed by atoms with E-state index in [1.807, 2.05) is 0 Å². The summed E-state index contributed by atoms with van der Waals surface area (Å²) in [6, 6.07) is 5.64. The largest absolute Gasteiger partial charge is 0.497 e. The van der Waals surface area contributed by atoms with Crippen LogP contribution in [0.2, 0.25) is 0 Å². The molecule has 8 heteroatoms. The van der Waals surface area contributed by atoms with Crippen molar-refractivity contribution >= 4 is 15.9 Å². The Kier molecular flexibility index (Phi) is 5.07. The van der Waals surface area contributed by atoms with E-state index in [0.717, 1.165) is 0 Å². The number of rotatable bonds is 4. The second-order valence-electron chi connectivity index (χ2n) is 5.89. The smallest absolute Gasteiger partial charge is 0.243 e. The van der Waals surface area contributed by atoms with Gasteiger partial charge in [0.15, 0.2) is 0 Å². The number of nitrogens with zero attached hydrogens (tertiary/aromatic N) is 2. The average molecular weight is 354 g/mol.